The molecule has 0 saturated carbocycles. The van der Waals surface area contributed by atoms with Crippen LogP contribution in [0.5, 0.6) is 11.5 Å². The van der Waals surface area contributed by atoms with Crippen molar-refractivity contribution < 1.29 is 24.2 Å². The lowest BCUT2D eigenvalue weighted by Crippen LogP contribution is -2.18. The number of hydrogen-bond acceptors (Lipinski definition) is 5. The molecule has 0 bridgehead atoms. The number of ether oxygens (including phenoxy) is 2. The molecular weight excluding hydrogens is 308 g/mol. The van der Waals surface area contributed by atoms with Crippen LogP contribution < -0.4 is 4.74 Å². The lowest BCUT2D eigenvalue weighted by atomic mass is 9.97. The van der Waals surface area contributed by atoms with Gasteiger partial charge in [0.25, 0.3) is 0 Å². The van der Waals surface area contributed by atoms with E-state index in [-0.39, 0.29) is 35.4 Å². The molecule has 1 aliphatic rings. The van der Waals surface area contributed by atoms with E-state index in [0.29, 0.717) is 12.0 Å². The smallest absolute Gasteiger partial charge is 0.342 e. The molecule has 5 nitrogen and oxygen atoms in total. The van der Waals surface area contributed by atoms with E-state index in [1.54, 1.807) is 0 Å². The Morgan fingerprint density at radius 3 is 2.58 bits per heavy atom. The fourth-order valence-corrected chi connectivity index (χ4v) is 3.07. The second-order valence-corrected chi connectivity index (χ2v) is 6.42. The fraction of sp³-hybridized carbons (Fsp3) is 0.579. The number of cyclic esters (lactones) is 1. The molecule has 0 unspecified atom stereocenters. The molecule has 1 heterocycles. The number of rotatable bonds is 1. The van der Waals surface area contributed by atoms with E-state index in [1.807, 2.05) is 6.92 Å². The fourth-order valence-electron chi connectivity index (χ4n) is 3.07. The zero-order chi connectivity index (χ0) is 17.5. The summed E-state index contributed by atoms with van der Waals surface area (Å²) in [6, 6.07) is 2.83. The van der Waals surface area contributed by atoms with Gasteiger partial charge in [-0.05, 0) is 37.8 Å². The maximum Gasteiger partial charge on any atom is 0.342 e. The van der Waals surface area contributed by atoms with E-state index in [4.69, 9.17) is 9.47 Å². The van der Waals surface area contributed by atoms with Crippen LogP contribution in [0.25, 0.3) is 0 Å². The Bertz CT molecular complexity index is 594. The van der Waals surface area contributed by atoms with E-state index in [9.17, 15) is 14.7 Å². The van der Waals surface area contributed by atoms with Crippen molar-refractivity contribution in [3.05, 3.63) is 23.3 Å². The van der Waals surface area contributed by atoms with Crippen LogP contribution in [0.1, 0.15) is 67.8 Å². The van der Waals surface area contributed by atoms with Crippen LogP contribution >= 0.6 is 0 Å². The van der Waals surface area contributed by atoms with Crippen molar-refractivity contribution in [2.45, 2.75) is 64.4 Å². The molecule has 0 spiro atoms. The van der Waals surface area contributed by atoms with Gasteiger partial charge in [0.2, 0.25) is 0 Å². The number of carbonyl (C=O) groups is 2. The van der Waals surface area contributed by atoms with Gasteiger partial charge < -0.3 is 14.6 Å². The molecule has 1 aromatic rings. The molecule has 24 heavy (non-hydrogen) atoms. The zero-order valence-electron chi connectivity index (χ0n) is 14.5. The first-order chi connectivity index (χ1) is 11.5. The largest absolute Gasteiger partial charge is 0.508 e. The first kappa shape index (κ1) is 18.3. The summed E-state index contributed by atoms with van der Waals surface area (Å²) in [6.07, 6.45) is 6.31. The Hall–Kier alpha value is -2.04. The zero-order valence-corrected chi connectivity index (χ0v) is 14.5. The van der Waals surface area contributed by atoms with Gasteiger partial charge in [0.15, 0.2) is 0 Å². The highest BCUT2D eigenvalue weighted by atomic mass is 16.5. The number of carbonyl (C=O) groups excluding carboxylic acids is 2. The lowest BCUT2D eigenvalue weighted by molar-refractivity contribution is -0.118. The van der Waals surface area contributed by atoms with Gasteiger partial charge in [-0.25, -0.2) is 4.79 Å². The predicted octanol–water partition coefficient (Wildman–Crippen LogP) is 3.80. The number of esters is 1. The third-order valence-corrected chi connectivity index (χ3v) is 4.35. The third-order valence-electron chi connectivity index (χ3n) is 4.35. The summed E-state index contributed by atoms with van der Waals surface area (Å²) in [5.74, 6) is -0.233. The highest BCUT2D eigenvalue weighted by Crippen LogP contribution is 2.30. The van der Waals surface area contributed by atoms with Crippen LogP contribution in [0.2, 0.25) is 0 Å². The van der Waals surface area contributed by atoms with Crippen LogP contribution in [0.3, 0.4) is 0 Å². The number of benzene rings is 1. The van der Waals surface area contributed by atoms with E-state index in [1.165, 1.54) is 19.2 Å². The number of hydrogen-bond donors (Lipinski definition) is 1. The van der Waals surface area contributed by atoms with Crippen molar-refractivity contribution in [1.82, 2.24) is 0 Å². The van der Waals surface area contributed by atoms with Crippen LogP contribution in [0, 0.1) is 0 Å². The minimum absolute atomic E-state index is 0.0274. The van der Waals surface area contributed by atoms with E-state index < -0.39 is 5.97 Å². The lowest BCUT2D eigenvalue weighted by Gasteiger charge is -2.18. The Kier molecular flexibility index (Phi) is 6.64. The Morgan fingerprint density at radius 2 is 1.83 bits per heavy atom. The molecule has 0 fully saturated rings. The number of phenolic OH excluding ortho intramolecular Hbond substituents is 1. The van der Waals surface area contributed by atoms with Crippen molar-refractivity contribution in [2.75, 3.05) is 7.11 Å². The summed E-state index contributed by atoms with van der Waals surface area (Å²) in [7, 11) is 1.43. The van der Waals surface area contributed by atoms with E-state index in [0.717, 1.165) is 38.5 Å². The van der Waals surface area contributed by atoms with Crippen molar-refractivity contribution >= 4 is 11.8 Å². The monoisotopic (exact) mass is 334 g/mol. The third kappa shape index (κ3) is 4.98. The Balaban J connectivity index is 2.35. The molecule has 0 radical (unpaired) electrons. The van der Waals surface area contributed by atoms with Crippen molar-refractivity contribution in [3.8, 4) is 11.5 Å². The van der Waals surface area contributed by atoms with Gasteiger partial charge in [0.1, 0.15) is 22.8 Å². The highest BCUT2D eigenvalue weighted by molar-refractivity contribution is 5.96. The molecule has 1 aromatic carbocycles. The number of aromatic hydroxyl groups is 1. The molecule has 0 saturated heterocycles. The first-order valence-corrected chi connectivity index (χ1v) is 8.64. The summed E-state index contributed by atoms with van der Waals surface area (Å²) >= 11 is 0. The minimum Gasteiger partial charge on any atom is -0.508 e. The molecule has 5 heteroatoms. The van der Waals surface area contributed by atoms with Crippen LogP contribution in [0.4, 0.5) is 0 Å². The average Bonchev–Trinajstić information content (AvgIpc) is 2.52. The number of Topliss-reactive ketones (excluding diaryl/α,β-unsaturated/α-hetero) is 1. The summed E-state index contributed by atoms with van der Waals surface area (Å²) in [4.78, 5) is 24.8. The average molecular weight is 334 g/mol. The quantitative estimate of drug-likeness (QED) is 0.791. The molecular formula is C19H26O5. The summed E-state index contributed by atoms with van der Waals surface area (Å²) in [6.45, 7) is 1.88. The summed E-state index contributed by atoms with van der Waals surface area (Å²) in [5.41, 5.74) is 0.707. The molecule has 1 atom stereocenters. The topological polar surface area (TPSA) is 72.8 Å². The van der Waals surface area contributed by atoms with Crippen LogP contribution in [0.15, 0.2) is 12.1 Å². The van der Waals surface area contributed by atoms with Gasteiger partial charge in [0.05, 0.1) is 13.2 Å². The van der Waals surface area contributed by atoms with Gasteiger partial charge >= 0.3 is 5.97 Å². The standard InChI is InChI=1S/C19H26O5/c1-13-8-6-4-3-5-7-9-15(20)10-14-11-16(21)12-17(23-2)18(14)19(22)24-13/h11-13,21H,3-10H2,1-2H3/t13-/m0/s1. The normalized spacial score (nSPS) is 20.7. The van der Waals surface area contributed by atoms with Crippen LogP contribution in [-0.4, -0.2) is 30.1 Å². The molecule has 2 rings (SSSR count). The van der Waals surface area contributed by atoms with Gasteiger partial charge in [-0.2, -0.15) is 0 Å². The SMILES string of the molecule is COc1cc(O)cc2c1C(=O)O[C@@H](C)CCCCCCCC(=O)C2. The maximum absolute atomic E-state index is 12.6. The molecule has 1 aliphatic heterocycles. The Labute approximate surface area is 143 Å². The highest BCUT2D eigenvalue weighted by Gasteiger charge is 2.23. The molecule has 132 valence electrons. The van der Waals surface area contributed by atoms with Crippen molar-refractivity contribution in [2.24, 2.45) is 0 Å². The second kappa shape index (κ2) is 8.71. The molecule has 0 aliphatic carbocycles. The Morgan fingerprint density at radius 1 is 1.12 bits per heavy atom. The molecule has 1 N–H and O–H groups in total. The van der Waals surface area contributed by atoms with Crippen LogP contribution in [-0.2, 0) is 16.0 Å². The molecule has 0 amide bonds. The summed E-state index contributed by atoms with van der Waals surface area (Å²) < 4.78 is 10.8. The van der Waals surface area contributed by atoms with Gasteiger partial charge in [-0.15, -0.1) is 0 Å². The van der Waals surface area contributed by atoms with Gasteiger partial charge in [-0.3, -0.25) is 4.79 Å². The van der Waals surface area contributed by atoms with E-state index >= 15 is 0 Å². The van der Waals surface area contributed by atoms with Gasteiger partial charge in [0, 0.05) is 18.9 Å². The maximum atomic E-state index is 12.6. The van der Waals surface area contributed by atoms with Gasteiger partial charge in [-0.1, -0.05) is 19.3 Å². The predicted molar refractivity (Wildman–Crippen MR) is 90.6 cm³/mol. The number of methoxy groups -OCH3 is 1. The van der Waals surface area contributed by atoms with E-state index in [2.05, 4.69) is 0 Å². The number of fused-ring (bicyclic) bond motifs is 1. The summed E-state index contributed by atoms with van der Waals surface area (Å²) in [5, 5.41) is 9.85. The number of phenols is 1. The second-order valence-electron chi connectivity index (χ2n) is 6.42. The van der Waals surface area contributed by atoms with Crippen molar-refractivity contribution in [3.63, 3.8) is 0 Å². The minimum atomic E-state index is -0.501. The van der Waals surface area contributed by atoms with Crippen molar-refractivity contribution in [1.29, 1.82) is 0 Å². The first-order valence-electron chi connectivity index (χ1n) is 8.64. The molecule has 0 aromatic heterocycles. The number of ketones is 1.